The van der Waals surface area contributed by atoms with E-state index >= 15 is 0 Å². The van der Waals surface area contributed by atoms with E-state index in [1.165, 1.54) is 30.3 Å². The number of rotatable bonds is 5. The van der Waals surface area contributed by atoms with E-state index in [2.05, 4.69) is 15.1 Å². The molecule has 0 fully saturated rings. The van der Waals surface area contributed by atoms with Gasteiger partial charge in [0.05, 0.1) is 7.11 Å². The lowest BCUT2D eigenvalue weighted by Gasteiger charge is -2.17. The Morgan fingerprint density at radius 2 is 2.00 bits per heavy atom. The molecule has 0 bridgehead atoms. The summed E-state index contributed by atoms with van der Waals surface area (Å²) in [5, 5.41) is 3.31. The monoisotopic (exact) mass is 339 g/mol. The van der Waals surface area contributed by atoms with Crippen molar-refractivity contribution in [1.29, 1.82) is 0 Å². The summed E-state index contributed by atoms with van der Waals surface area (Å²) < 4.78 is 31.0. The Hall–Kier alpha value is -2.49. The van der Waals surface area contributed by atoms with Gasteiger partial charge in [-0.1, -0.05) is 0 Å². The van der Waals surface area contributed by atoms with E-state index < -0.39 is 21.0 Å². The second-order valence-corrected chi connectivity index (χ2v) is 6.25. The summed E-state index contributed by atoms with van der Waals surface area (Å²) in [4.78, 5) is 21.1. The van der Waals surface area contributed by atoms with Crippen LogP contribution in [-0.4, -0.2) is 59.3 Å². The van der Waals surface area contributed by atoms with E-state index in [9.17, 15) is 13.2 Å². The Bertz CT molecular complexity index is 798. The summed E-state index contributed by atoms with van der Waals surface area (Å²) >= 11 is 0. The van der Waals surface area contributed by atoms with Gasteiger partial charge in [0, 0.05) is 19.3 Å². The summed E-state index contributed by atoms with van der Waals surface area (Å²) in [5.74, 6) is -0.0566. The van der Waals surface area contributed by atoms with Crippen LogP contribution in [0.4, 0.5) is 4.79 Å². The van der Waals surface area contributed by atoms with Gasteiger partial charge in [-0.25, -0.2) is 23.2 Å². The summed E-state index contributed by atoms with van der Waals surface area (Å²) in [6.45, 7) is 4.59. The fourth-order valence-corrected chi connectivity index (χ4v) is 3.14. The zero-order chi connectivity index (χ0) is 17.0. The predicted molar refractivity (Wildman–Crippen MR) is 80.0 cm³/mol. The van der Waals surface area contributed by atoms with Crippen molar-refractivity contribution in [3.05, 3.63) is 24.7 Å². The van der Waals surface area contributed by atoms with Crippen LogP contribution in [0.1, 0.15) is 13.8 Å². The lowest BCUT2D eigenvalue weighted by atomic mass is 10.5. The SMILES string of the molecule is CCN(CC)C(=O)n1cnc(S(=O)(=O)c2cccnc2OC)n1. The topological polar surface area (TPSA) is 107 Å². The Labute approximate surface area is 133 Å². The molecule has 0 saturated carbocycles. The summed E-state index contributed by atoms with van der Waals surface area (Å²) in [5.41, 5.74) is 0. The van der Waals surface area contributed by atoms with Gasteiger partial charge in [0.1, 0.15) is 11.2 Å². The van der Waals surface area contributed by atoms with Crippen LogP contribution in [0.3, 0.4) is 0 Å². The predicted octanol–water partition coefficient (Wildman–Crippen LogP) is 0.824. The molecule has 23 heavy (non-hydrogen) atoms. The van der Waals surface area contributed by atoms with Crippen molar-refractivity contribution in [1.82, 2.24) is 24.6 Å². The van der Waals surface area contributed by atoms with Crippen LogP contribution in [0.2, 0.25) is 0 Å². The molecule has 0 aliphatic rings. The molecule has 0 radical (unpaired) electrons. The zero-order valence-corrected chi connectivity index (χ0v) is 13.8. The van der Waals surface area contributed by atoms with Crippen molar-refractivity contribution in [2.75, 3.05) is 20.2 Å². The molecule has 0 aliphatic heterocycles. The number of amides is 1. The fourth-order valence-electron chi connectivity index (χ4n) is 1.93. The summed E-state index contributed by atoms with van der Waals surface area (Å²) in [7, 11) is -2.72. The number of sulfone groups is 1. The minimum atomic E-state index is -4.03. The van der Waals surface area contributed by atoms with Crippen LogP contribution in [0.5, 0.6) is 5.88 Å². The highest BCUT2D eigenvalue weighted by Gasteiger charge is 2.28. The Morgan fingerprint density at radius 1 is 1.30 bits per heavy atom. The minimum absolute atomic E-state index is 0.0566. The molecule has 10 heteroatoms. The smallest absolute Gasteiger partial charge is 0.346 e. The van der Waals surface area contributed by atoms with Gasteiger partial charge in [-0.2, -0.15) is 4.68 Å². The molecule has 2 rings (SSSR count). The molecule has 2 heterocycles. The molecule has 0 atom stereocenters. The largest absolute Gasteiger partial charge is 0.480 e. The standard InChI is InChI=1S/C13H17N5O4S/c1-4-17(5-2)13(19)18-9-15-12(16-18)23(20,21)10-7-6-8-14-11(10)22-3/h6-9H,4-5H2,1-3H3. The first kappa shape index (κ1) is 16.9. The van der Waals surface area contributed by atoms with Crippen LogP contribution >= 0.6 is 0 Å². The summed E-state index contributed by atoms with van der Waals surface area (Å²) in [6.07, 6.45) is 2.49. The van der Waals surface area contributed by atoms with Gasteiger partial charge in [0.25, 0.3) is 5.16 Å². The van der Waals surface area contributed by atoms with Crippen LogP contribution < -0.4 is 4.74 Å². The van der Waals surface area contributed by atoms with Crippen molar-refractivity contribution in [3.8, 4) is 5.88 Å². The average Bonchev–Trinajstić information content (AvgIpc) is 3.06. The molecule has 124 valence electrons. The third-order valence-corrected chi connectivity index (χ3v) is 4.72. The highest BCUT2D eigenvalue weighted by molar-refractivity contribution is 7.91. The van der Waals surface area contributed by atoms with Crippen LogP contribution in [0, 0.1) is 0 Å². The van der Waals surface area contributed by atoms with E-state index in [1.54, 1.807) is 0 Å². The number of nitrogens with zero attached hydrogens (tertiary/aromatic N) is 5. The van der Waals surface area contributed by atoms with Crippen molar-refractivity contribution < 1.29 is 17.9 Å². The average molecular weight is 339 g/mol. The van der Waals surface area contributed by atoms with Crippen LogP contribution in [0.15, 0.2) is 34.7 Å². The van der Waals surface area contributed by atoms with Gasteiger partial charge in [-0.3, -0.25) is 0 Å². The first-order valence-electron chi connectivity index (χ1n) is 6.90. The number of hydrogen-bond donors (Lipinski definition) is 0. The maximum absolute atomic E-state index is 12.6. The second kappa shape index (κ2) is 6.73. The van der Waals surface area contributed by atoms with Gasteiger partial charge in [-0.05, 0) is 26.0 Å². The summed E-state index contributed by atoms with van der Waals surface area (Å²) in [6, 6.07) is 2.36. The van der Waals surface area contributed by atoms with E-state index in [-0.39, 0.29) is 10.8 Å². The first-order chi connectivity index (χ1) is 11.0. The zero-order valence-electron chi connectivity index (χ0n) is 13.0. The number of carbonyl (C=O) groups is 1. The van der Waals surface area contributed by atoms with Crippen molar-refractivity contribution >= 4 is 15.9 Å². The van der Waals surface area contributed by atoms with Gasteiger partial charge < -0.3 is 9.64 Å². The Balaban J connectivity index is 2.41. The van der Waals surface area contributed by atoms with Gasteiger partial charge in [-0.15, -0.1) is 5.10 Å². The molecule has 0 spiro atoms. The maximum Gasteiger partial charge on any atom is 0.346 e. The van der Waals surface area contributed by atoms with Crippen molar-refractivity contribution in [2.24, 2.45) is 0 Å². The number of hydrogen-bond acceptors (Lipinski definition) is 7. The Kier molecular flexibility index (Phi) is 4.94. The quantitative estimate of drug-likeness (QED) is 0.793. The third kappa shape index (κ3) is 3.16. The van der Waals surface area contributed by atoms with Crippen LogP contribution in [-0.2, 0) is 9.84 Å². The molecule has 0 aliphatic carbocycles. The maximum atomic E-state index is 12.6. The highest BCUT2D eigenvalue weighted by atomic mass is 32.2. The number of pyridine rings is 1. The van der Waals surface area contributed by atoms with Gasteiger partial charge in [0.15, 0.2) is 0 Å². The first-order valence-corrected chi connectivity index (χ1v) is 8.39. The lowest BCUT2D eigenvalue weighted by Crippen LogP contribution is -2.34. The third-order valence-electron chi connectivity index (χ3n) is 3.16. The van der Waals surface area contributed by atoms with Gasteiger partial charge in [0.2, 0.25) is 15.7 Å². The van der Waals surface area contributed by atoms with Gasteiger partial charge >= 0.3 is 6.03 Å². The highest BCUT2D eigenvalue weighted by Crippen LogP contribution is 2.24. The van der Waals surface area contributed by atoms with Crippen LogP contribution in [0.25, 0.3) is 0 Å². The number of ether oxygens (including phenoxy) is 1. The molecule has 0 unspecified atom stereocenters. The molecule has 0 N–H and O–H groups in total. The number of carbonyl (C=O) groups excluding carboxylic acids is 1. The fraction of sp³-hybridized carbons (Fsp3) is 0.385. The van der Waals surface area contributed by atoms with Crippen molar-refractivity contribution in [2.45, 2.75) is 23.9 Å². The second-order valence-electron chi connectivity index (χ2n) is 4.44. The van der Waals surface area contributed by atoms with Crippen molar-refractivity contribution in [3.63, 3.8) is 0 Å². The van der Waals surface area contributed by atoms with E-state index in [0.29, 0.717) is 13.1 Å². The molecule has 1 amide bonds. The normalized spacial score (nSPS) is 11.3. The molecule has 0 aromatic carbocycles. The molecule has 2 aromatic heterocycles. The number of aromatic nitrogens is 4. The Morgan fingerprint density at radius 3 is 2.61 bits per heavy atom. The van der Waals surface area contributed by atoms with E-state index in [0.717, 1.165) is 11.0 Å². The number of methoxy groups -OCH3 is 1. The molecular formula is C13H17N5O4S. The molecule has 0 saturated heterocycles. The van der Waals surface area contributed by atoms with E-state index in [1.807, 2.05) is 13.8 Å². The minimum Gasteiger partial charge on any atom is -0.480 e. The molecule has 9 nitrogen and oxygen atoms in total. The molecular weight excluding hydrogens is 322 g/mol. The lowest BCUT2D eigenvalue weighted by molar-refractivity contribution is 0.201. The van der Waals surface area contributed by atoms with E-state index in [4.69, 9.17) is 4.74 Å². The molecule has 2 aromatic rings.